The average molecular weight is 264 g/mol. The molecular formula is C14H17FN2O2. The minimum atomic E-state index is -1.23. The summed E-state index contributed by atoms with van der Waals surface area (Å²) >= 11 is 0. The summed E-state index contributed by atoms with van der Waals surface area (Å²) in [6.45, 7) is 3.31. The van der Waals surface area contributed by atoms with Crippen molar-refractivity contribution in [3.63, 3.8) is 0 Å². The number of nitrogens with zero attached hydrogens (tertiary/aromatic N) is 1. The molecule has 0 amide bonds. The molecule has 3 aliphatic heterocycles. The first-order valence-electron chi connectivity index (χ1n) is 6.65. The van der Waals surface area contributed by atoms with Gasteiger partial charge in [-0.05, 0) is 50.0 Å². The Morgan fingerprint density at radius 1 is 1.37 bits per heavy atom. The van der Waals surface area contributed by atoms with Crippen molar-refractivity contribution in [2.75, 3.05) is 25.0 Å². The van der Waals surface area contributed by atoms with Crippen LogP contribution in [0.2, 0.25) is 0 Å². The van der Waals surface area contributed by atoms with E-state index in [2.05, 4.69) is 10.2 Å². The van der Waals surface area contributed by atoms with Crippen LogP contribution in [0.25, 0.3) is 0 Å². The number of carboxylic acids is 1. The normalized spacial score (nSPS) is 29.2. The van der Waals surface area contributed by atoms with Crippen molar-refractivity contribution in [1.29, 1.82) is 0 Å². The molecule has 3 heterocycles. The Kier molecular flexibility index (Phi) is 3.14. The molecule has 1 aromatic rings. The molecule has 2 N–H and O–H groups in total. The van der Waals surface area contributed by atoms with Gasteiger partial charge in [0.25, 0.3) is 0 Å². The third kappa shape index (κ3) is 2.42. The van der Waals surface area contributed by atoms with Crippen molar-refractivity contribution in [2.24, 2.45) is 5.92 Å². The molecule has 0 saturated carbocycles. The third-order valence-corrected chi connectivity index (χ3v) is 4.20. The highest BCUT2D eigenvalue weighted by molar-refractivity contribution is 5.89. The second-order valence-electron chi connectivity index (χ2n) is 5.39. The molecule has 0 spiro atoms. The molecule has 3 saturated heterocycles. The van der Waals surface area contributed by atoms with Gasteiger partial charge in [-0.25, -0.2) is 9.18 Å². The highest BCUT2D eigenvalue weighted by Gasteiger charge is 2.33. The second-order valence-corrected chi connectivity index (χ2v) is 5.39. The van der Waals surface area contributed by atoms with E-state index >= 15 is 0 Å². The fourth-order valence-electron chi connectivity index (χ4n) is 3.12. The summed E-state index contributed by atoms with van der Waals surface area (Å²) in [5.41, 5.74) is 0.420. The van der Waals surface area contributed by atoms with Crippen LogP contribution in [0.1, 0.15) is 23.2 Å². The first-order valence-corrected chi connectivity index (χ1v) is 6.65. The lowest BCUT2D eigenvalue weighted by Crippen LogP contribution is -2.53. The van der Waals surface area contributed by atoms with E-state index in [4.69, 9.17) is 5.11 Å². The molecule has 4 nitrogen and oxygen atoms in total. The van der Waals surface area contributed by atoms with Crippen LogP contribution < -0.4 is 5.32 Å². The number of anilines is 1. The fraction of sp³-hybridized carbons (Fsp3) is 0.500. The molecule has 5 heteroatoms. The number of rotatable bonds is 3. The van der Waals surface area contributed by atoms with Crippen LogP contribution in [0.5, 0.6) is 0 Å². The number of carbonyl (C=O) groups is 1. The number of hydrogen-bond acceptors (Lipinski definition) is 3. The number of hydrogen-bond donors (Lipinski definition) is 2. The standard InChI is InChI=1S/C14H17FN2O2/c15-12-2-1-10(7-11(12)14(18)19)16-13-8-17-5-3-9(13)4-6-17/h1-2,7,9,13,16H,3-6,8H2,(H,18,19). The first-order chi connectivity index (χ1) is 9.13. The van der Waals surface area contributed by atoms with E-state index < -0.39 is 11.8 Å². The van der Waals surface area contributed by atoms with Gasteiger partial charge in [0.05, 0.1) is 5.56 Å². The van der Waals surface area contributed by atoms with Crippen LogP contribution in [-0.4, -0.2) is 41.7 Å². The molecule has 4 rings (SSSR count). The van der Waals surface area contributed by atoms with Crippen LogP contribution in [0.4, 0.5) is 10.1 Å². The van der Waals surface area contributed by atoms with Gasteiger partial charge in [0, 0.05) is 18.3 Å². The summed E-state index contributed by atoms with van der Waals surface area (Å²) < 4.78 is 13.3. The maximum Gasteiger partial charge on any atom is 0.338 e. The SMILES string of the molecule is O=C(O)c1cc(NC2CN3CCC2CC3)ccc1F. The van der Waals surface area contributed by atoms with Gasteiger partial charge < -0.3 is 15.3 Å². The van der Waals surface area contributed by atoms with Crippen LogP contribution in [-0.2, 0) is 0 Å². The van der Waals surface area contributed by atoms with Crippen LogP contribution in [0.3, 0.4) is 0 Å². The molecule has 3 aliphatic rings. The van der Waals surface area contributed by atoms with E-state index in [1.165, 1.54) is 25.0 Å². The van der Waals surface area contributed by atoms with Gasteiger partial charge in [-0.2, -0.15) is 0 Å². The predicted octanol–water partition coefficient (Wildman–Crippen LogP) is 2.03. The van der Waals surface area contributed by atoms with Crippen molar-refractivity contribution < 1.29 is 14.3 Å². The lowest BCUT2D eigenvalue weighted by atomic mass is 9.84. The molecular weight excluding hydrogens is 247 g/mol. The van der Waals surface area contributed by atoms with Crippen molar-refractivity contribution in [2.45, 2.75) is 18.9 Å². The van der Waals surface area contributed by atoms with E-state index in [0.717, 1.165) is 19.6 Å². The molecule has 0 radical (unpaired) electrons. The van der Waals surface area contributed by atoms with Gasteiger partial charge in [-0.3, -0.25) is 0 Å². The Balaban J connectivity index is 1.76. The minimum absolute atomic E-state index is 0.272. The van der Waals surface area contributed by atoms with Crippen LogP contribution in [0, 0.1) is 11.7 Å². The van der Waals surface area contributed by atoms with Gasteiger partial charge in [0.15, 0.2) is 0 Å². The Morgan fingerprint density at radius 2 is 2.11 bits per heavy atom. The Morgan fingerprint density at radius 3 is 2.68 bits per heavy atom. The molecule has 1 atom stereocenters. The Labute approximate surface area is 111 Å². The summed E-state index contributed by atoms with van der Waals surface area (Å²) in [7, 11) is 0. The van der Waals surface area contributed by atoms with Crippen molar-refractivity contribution in [1.82, 2.24) is 4.90 Å². The number of benzene rings is 1. The smallest absolute Gasteiger partial charge is 0.338 e. The second kappa shape index (κ2) is 4.81. The van der Waals surface area contributed by atoms with E-state index in [9.17, 15) is 9.18 Å². The zero-order valence-corrected chi connectivity index (χ0v) is 10.6. The molecule has 2 bridgehead atoms. The van der Waals surface area contributed by atoms with Gasteiger partial charge in [-0.15, -0.1) is 0 Å². The summed E-state index contributed by atoms with van der Waals surface area (Å²) in [5.74, 6) is -1.27. The maximum atomic E-state index is 13.3. The topological polar surface area (TPSA) is 52.6 Å². The minimum Gasteiger partial charge on any atom is -0.478 e. The number of fused-ring (bicyclic) bond motifs is 3. The monoisotopic (exact) mass is 264 g/mol. The highest BCUT2D eigenvalue weighted by Crippen LogP contribution is 2.30. The molecule has 102 valence electrons. The molecule has 0 aliphatic carbocycles. The summed E-state index contributed by atoms with van der Waals surface area (Å²) in [6.07, 6.45) is 2.37. The summed E-state index contributed by atoms with van der Waals surface area (Å²) in [6, 6.07) is 4.55. The van der Waals surface area contributed by atoms with Crippen molar-refractivity contribution in [3.8, 4) is 0 Å². The third-order valence-electron chi connectivity index (χ3n) is 4.20. The lowest BCUT2D eigenvalue weighted by molar-refractivity contribution is 0.0692. The summed E-state index contributed by atoms with van der Waals surface area (Å²) in [4.78, 5) is 13.3. The molecule has 0 aromatic heterocycles. The summed E-state index contributed by atoms with van der Waals surface area (Å²) in [5, 5.41) is 12.3. The fourth-order valence-corrected chi connectivity index (χ4v) is 3.12. The first kappa shape index (κ1) is 12.4. The van der Waals surface area contributed by atoms with Crippen molar-refractivity contribution >= 4 is 11.7 Å². The van der Waals surface area contributed by atoms with E-state index in [0.29, 0.717) is 17.6 Å². The number of aromatic carboxylic acids is 1. The zero-order chi connectivity index (χ0) is 13.4. The lowest BCUT2D eigenvalue weighted by Gasteiger charge is -2.45. The maximum absolute atomic E-state index is 13.3. The van der Waals surface area contributed by atoms with Crippen molar-refractivity contribution in [3.05, 3.63) is 29.6 Å². The number of nitrogens with one attached hydrogen (secondary N) is 1. The highest BCUT2D eigenvalue weighted by atomic mass is 19.1. The Hall–Kier alpha value is -1.62. The molecule has 3 fully saturated rings. The van der Waals surface area contributed by atoms with E-state index in [1.807, 2.05) is 0 Å². The van der Waals surface area contributed by atoms with Crippen LogP contribution >= 0.6 is 0 Å². The van der Waals surface area contributed by atoms with Crippen LogP contribution in [0.15, 0.2) is 18.2 Å². The Bertz CT molecular complexity index is 498. The zero-order valence-electron chi connectivity index (χ0n) is 10.6. The van der Waals surface area contributed by atoms with E-state index in [-0.39, 0.29) is 5.56 Å². The predicted molar refractivity (Wildman–Crippen MR) is 69.9 cm³/mol. The van der Waals surface area contributed by atoms with Gasteiger partial charge in [0.2, 0.25) is 0 Å². The molecule has 1 aromatic carbocycles. The van der Waals surface area contributed by atoms with Gasteiger partial charge in [0.1, 0.15) is 5.82 Å². The number of piperidine rings is 3. The van der Waals surface area contributed by atoms with E-state index in [1.54, 1.807) is 6.07 Å². The molecule has 19 heavy (non-hydrogen) atoms. The number of carboxylic acid groups (broad SMARTS) is 1. The average Bonchev–Trinajstić information content (AvgIpc) is 2.42. The quantitative estimate of drug-likeness (QED) is 0.877. The molecule has 1 unspecified atom stereocenters. The van der Waals surface area contributed by atoms with Gasteiger partial charge >= 0.3 is 5.97 Å². The largest absolute Gasteiger partial charge is 0.478 e. The van der Waals surface area contributed by atoms with Gasteiger partial charge in [-0.1, -0.05) is 0 Å². The number of halogens is 1.